The monoisotopic (exact) mass is 163 g/mol. The van der Waals surface area contributed by atoms with E-state index in [1.807, 2.05) is 0 Å². The summed E-state index contributed by atoms with van der Waals surface area (Å²) in [5, 5.41) is 23.2. The quantitative estimate of drug-likeness (QED) is 0.387. The third-order valence-corrected chi connectivity index (χ3v) is 0.451. The van der Waals surface area contributed by atoms with Crippen LogP contribution in [-0.4, -0.2) is 34.5 Å². The highest BCUT2D eigenvalue weighted by Crippen LogP contribution is 1.75. The summed E-state index contributed by atoms with van der Waals surface area (Å²) in [6, 6.07) is 0. The van der Waals surface area contributed by atoms with Crippen LogP contribution in [0.5, 0.6) is 0 Å². The number of aliphatic hydroxyl groups is 2. The van der Waals surface area contributed by atoms with Crippen molar-refractivity contribution in [3.8, 4) is 0 Å². The Morgan fingerprint density at radius 1 is 1.45 bits per heavy atom. The second kappa shape index (κ2) is 8.93. The Hall–Kier alpha value is -1.07. The van der Waals surface area contributed by atoms with Crippen LogP contribution in [0.2, 0.25) is 0 Å². The minimum Gasteiger partial charge on any atom is -0.478 e. The molecule has 5 nitrogen and oxygen atoms in total. The second-order valence-corrected chi connectivity index (χ2v) is 1.67. The predicted octanol–water partition coefficient (Wildman–Crippen LogP) is -1.10. The van der Waals surface area contributed by atoms with Gasteiger partial charge in [0.05, 0.1) is 13.2 Å². The summed E-state index contributed by atoms with van der Waals surface area (Å²) in [6.45, 7) is 1.27. The zero-order valence-electron chi connectivity index (χ0n) is 6.32. The van der Waals surface area contributed by atoms with E-state index >= 15 is 0 Å². The fraction of sp³-hybridized carbons (Fsp3) is 0.500. The first-order valence-electron chi connectivity index (χ1n) is 2.93. The zero-order chi connectivity index (χ0) is 9.28. The van der Waals surface area contributed by atoms with Crippen molar-refractivity contribution in [2.45, 2.75) is 6.92 Å². The minimum atomic E-state index is -1.000. The summed E-state index contributed by atoms with van der Waals surface area (Å²) < 4.78 is 0. The normalized spacial score (nSPS) is 9.91. The molecule has 66 valence electrons. The fourth-order valence-electron chi connectivity index (χ4n) is 0.195. The van der Waals surface area contributed by atoms with Crippen molar-refractivity contribution in [2.75, 3.05) is 13.2 Å². The maximum atomic E-state index is 9.65. The lowest BCUT2D eigenvalue weighted by molar-refractivity contribution is -0.131. The first-order chi connectivity index (χ1) is 5.04. The molecule has 0 unspecified atom stereocenters. The first-order valence-corrected chi connectivity index (χ1v) is 2.93. The van der Waals surface area contributed by atoms with E-state index in [2.05, 4.69) is 0 Å². The van der Waals surface area contributed by atoms with Crippen LogP contribution in [0.3, 0.4) is 0 Å². The first kappa shape index (κ1) is 12.6. The van der Waals surface area contributed by atoms with Gasteiger partial charge in [0.15, 0.2) is 0 Å². The van der Waals surface area contributed by atoms with Crippen molar-refractivity contribution < 1.29 is 20.1 Å². The molecule has 0 heterocycles. The SMILES string of the molecule is CC(N)=CC(=O)O.OCCO. The van der Waals surface area contributed by atoms with Crippen molar-refractivity contribution in [3.63, 3.8) is 0 Å². The Balaban J connectivity index is 0. The number of aliphatic carboxylic acids is 1. The van der Waals surface area contributed by atoms with Gasteiger partial charge in [0.1, 0.15) is 0 Å². The third-order valence-electron chi connectivity index (χ3n) is 0.451. The molecule has 11 heavy (non-hydrogen) atoms. The Labute approximate surface area is 64.8 Å². The number of allylic oxidation sites excluding steroid dienone is 1. The molecule has 0 amide bonds. The predicted molar refractivity (Wildman–Crippen MR) is 39.8 cm³/mol. The van der Waals surface area contributed by atoms with Gasteiger partial charge in [-0.15, -0.1) is 0 Å². The van der Waals surface area contributed by atoms with Gasteiger partial charge >= 0.3 is 5.97 Å². The summed E-state index contributed by atoms with van der Waals surface area (Å²) in [4.78, 5) is 9.65. The van der Waals surface area contributed by atoms with Crippen LogP contribution in [0, 0.1) is 0 Å². The van der Waals surface area contributed by atoms with Crippen LogP contribution < -0.4 is 5.73 Å². The number of rotatable bonds is 2. The average molecular weight is 163 g/mol. The second-order valence-electron chi connectivity index (χ2n) is 1.67. The maximum absolute atomic E-state index is 9.65. The van der Waals surface area contributed by atoms with Gasteiger partial charge in [-0.2, -0.15) is 0 Å². The minimum absolute atomic E-state index is 0.125. The van der Waals surface area contributed by atoms with Crippen LogP contribution in [0.1, 0.15) is 6.92 Å². The molecular weight excluding hydrogens is 150 g/mol. The Morgan fingerprint density at radius 2 is 1.82 bits per heavy atom. The molecule has 0 radical (unpaired) electrons. The van der Waals surface area contributed by atoms with Crippen molar-refractivity contribution in [3.05, 3.63) is 11.8 Å². The summed E-state index contributed by atoms with van der Waals surface area (Å²) in [7, 11) is 0. The topological polar surface area (TPSA) is 104 Å². The molecule has 5 heteroatoms. The van der Waals surface area contributed by atoms with E-state index in [0.717, 1.165) is 6.08 Å². The molecule has 0 spiro atoms. The van der Waals surface area contributed by atoms with Gasteiger partial charge in [0, 0.05) is 11.8 Å². The van der Waals surface area contributed by atoms with Crippen LogP contribution in [0.15, 0.2) is 11.8 Å². The molecule has 0 aliphatic rings. The molecule has 0 saturated carbocycles. The largest absolute Gasteiger partial charge is 0.478 e. The van der Waals surface area contributed by atoms with Crippen LogP contribution in [0.25, 0.3) is 0 Å². The number of carbonyl (C=O) groups is 1. The number of carboxylic acid groups (broad SMARTS) is 1. The molecule has 0 aliphatic heterocycles. The lowest BCUT2D eigenvalue weighted by Gasteiger charge is -1.81. The van der Waals surface area contributed by atoms with E-state index in [1.165, 1.54) is 6.92 Å². The summed E-state index contributed by atoms with van der Waals surface area (Å²) in [6.07, 6.45) is 0.944. The van der Waals surface area contributed by atoms with E-state index in [4.69, 9.17) is 21.1 Å². The number of hydrogen-bond donors (Lipinski definition) is 4. The Morgan fingerprint density at radius 3 is 1.82 bits per heavy atom. The summed E-state index contributed by atoms with van der Waals surface area (Å²) in [5.74, 6) is -1.000. The lowest BCUT2D eigenvalue weighted by atomic mass is 10.5. The van der Waals surface area contributed by atoms with Crippen molar-refractivity contribution in [1.82, 2.24) is 0 Å². The molecule has 0 saturated heterocycles. The zero-order valence-corrected chi connectivity index (χ0v) is 6.32. The molecule has 0 atom stereocenters. The van der Waals surface area contributed by atoms with Gasteiger partial charge < -0.3 is 21.1 Å². The van der Waals surface area contributed by atoms with Crippen molar-refractivity contribution >= 4 is 5.97 Å². The van der Waals surface area contributed by atoms with Crippen LogP contribution in [0.4, 0.5) is 0 Å². The van der Waals surface area contributed by atoms with Crippen molar-refractivity contribution in [1.29, 1.82) is 0 Å². The average Bonchev–Trinajstić information content (AvgIpc) is 1.85. The summed E-state index contributed by atoms with van der Waals surface area (Å²) >= 11 is 0. The van der Waals surface area contributed by atoms with Gasteiger partial charge in [-0.25, -0.2) is 4.79 Å². The van der Waals surface area contributed by atoms with Gasteiger partial charge in [0.25, 0.3) is 0 Å². The standard InChI is InChI=1S/C4H7NO2.C2H6O2/c1-3(5)2-4(6)7;3-1-2-4/h2H,5H2,1H3,(H,6,7);3-4H,1-2H2. The molecular formula is C6H13NO4. The maximum Gasteiger partial charge on any atom is 0.330 e. The van der Waals surface area contributed by atoms with E-state index in [1.54, 1.807) is 0 Å². The van der Waals surface area contributed by atoms with E-state index in [0.29, 0.717) is 5.70 Å². The Bertz CT molecular complexity index is 127. The van der Waals surface area contributed by atoms with Gasteiger partial charge in [-0.1, -0.05) is 0 Å². The molecule has 0 aromatic carbocycles. The highest BCUT2D eigenvalue weighted by molar-refractivity contribution is 5.80. The van der Waals surface area contributed by atoms with Gasteiger partial charge in [-0.05, 0) is 6.92 Å². The molecule has 5 N–H and O–H groups in total. The van der Waals surface area contributed by atoms with Crippen molar-refractivity contribution in [2.24, 2.45) is 5.73 Å². The third kappa shape index (κ3) is 27.8. The smallest absolute Gasteiger partial charge is 0.330 e. The van der Waals surface area contributed by atoms with E-state index in [9.17, 15) is 4.79 Å². The van der Waals surface area contributed by atoms with Gasteiger partial charge in [-0.3, -0.25) is 0 Å². The molecule has 0 fully saturated rings. The van der Waals surface area contributed by atoms with Crippen LogP contribution in [-0.2, 0) is 4.79 Å². The lowest BCUT2D eigenvalue weighted by Crippen LogP contribution is -1.96. The van der Waals surface area contributed by atoms with E-state index in [-0.39, 0.29) is 13.2 Å². The molecule has 0 bridgehead atoms. The molecule has 0 rings (SSSR count). The number of carboxylic acids is 1. The highest BCUT2D eigenvalue weighted by atomic mass is 16.4. The molecule has 0 aliphatic carbocycles. The van der Waals surface area contributed by atoms with Gasteiger partial charge in [0.2, 0.25) is 0 Å². The molecule has 0 aromatic heterocycles. The van der Waals surface area contributed by atoms with E-state index < -0.39 is 5.97 Å². The molecule has 0 aromatic rings. The highest BCUT2D eigenvalue weighted by Gasteiger charge is 1.84. The summed E-state index contributed by atoms with van der Waals surface area (Å²) in [5.41, 5.74) is 5.29. The number of hydrogen-bond acceptors (Lipinski definition) is 4. The van der Waals surface area contributed by atoms with Crippen LogP contribution >= 0.6 is 0 Å². The number of aliphatic hydroxyl groups excluding tert-OH is 2. The fourth-order valence-corrected chi connectivity index (χ4v) is 0.195. The Kier molecular flexibility index (Phi) is 10.2. The number of nitrogens with two attached hydrogens (primary N) is 1.